The van der Waals surface area contributed by atoms with Gasteiger partial charge in [-0.2, -0.15) is 0 Å². The smallest absolute Gasteiger partial charge is 0.125 e. The number of benzene rings is 1. The highest BCUT2D eigenvalue weighted by atomic mass is 19.1. The Labute approximate surface area is 76.4 Å². The molecule has 0 saturated heterocycles. The quantitative estimate of drug-likeness (QED) is 0.669. The average Bonchev–Trinajstić information content (AvgIpc) is 2.13. The predicted octanol–water partition coefficient (Wildman–Crippen LogP) is 1.23. The monoisotopic (exact) mass is 179 g/mol. The van der Waals surface area contributed by atoms with Gasteiger partial charge in [0, 0.05) is 5.69 Å². The number of aliphatic hydroxyl groups is 1. The van der Waals surface area contributed by atoms with E-state index in [-0.39, 0.29) is 12.4 Å². The summed E-state index contributed by atoms with van der Waals surface area (Å²) in [4.78, 5) is 0. The summed E-state index contributed by atoms with van der Waals surface area (Å²) in [5.41, 5.74) is 0.687. The lowest BCUT2D eigenvalue weighted by Gasteiger charge is -2.00. The Morgan fingerprint density at radius 2 is 2.23 bits per heavy atom. The largest absolute Gasteiger partial charge is 0.384 e. The summed E-state index contributed by atoms with van der Waals surface area (Å²) in [6, 6.07) is 6.14. The van der Waals surface area contributed by atoms with Crippen LogP contribution in [-0.4, -0.2) is 18.3 Å². The molecule has 0 bridgehead atoms. The fourth-order valence-electron chi connectivity index (χ4n) is 0.863. The van der Waals surface area contributed by atoms with Crippen molar-refractivity contribution in [1.29, 1.82) is 0 Å². The number of rotatable bonds is 2. The third-order valence-corrected chi connectivity index (χ3v) is 1.41. The number of aliphatic hydroxyl groups excluding tert-OH is 1. The van der Waals surface area contributed by atoms with Crippen LogP contribution in [0.15, 0.2) is 24.3 Å². The highest BCUT2D eigenvalue weighted by Gasteiger charge is 1.91. The van der Waals surface area contributed by atoms with Gasteiger partial charge in [-0.1, -0.05) is 17.9 Å². The minimum atomic E-state index is -0.278. The van der Waals surface area contributed by atoms with E-state index in [4.69, 9.17) is 5.11 Å². The lowest BCUT2D eigenvalue weighted by Crippen LogP contribution is -1.98. The summed E-state index contributed by atoms with van der Waals surface area (Å²) in [6.45, 7) is 0.259. The van der Waals surface area contributed by atoms with E-state index >= 15 is 0 Å². The van der Waals surface area contributed by atoms with Crippen molar-refractivity contribution < 1.29 is 9.50 Å². The van der Waals surface area contributed by atoms with Crippen molar-refractivity contribution in [3.8, 4) is 11.8 Å². The molecule has 0 spiro atoms. The van der Waals surface area contributed by atoms with Crippen molar-refractivity contribution in [2.45, 2.75) is 0 Å². The van der Waals surface area contributed by atoms with Crippen molar-refractivity contribution in [1.82, 2.24) is 0 Å². The molecule has 0 amide bonds. The molecule has 0 aliphatic heterocycles. The maximum Gasteiger partial charge on any atom is 0.125 e. The zero-order valence-electron chi connectivity index (χ0n) is 7.05. The molecule has 68 valence electrons. The highest BCUT2D eigenvalue weighted by Crippen LogP contribution is 2.07. The fourth-order valence-corrected chi connectivity index (χ4v) is 0.863. The zero-order valence-corrected chi connectivity index (χ0v) is 7.05. The standard InChI is InChI=1S/C10H10FNO/c11-9-4-3-5-10(8-9)12-6-1-2-7-13/h3-5,8,12-13H,6-7H2. The number of nitrogens with one attached hydrogen (secondary N) is 1. The number of anilines is 1. The molecule has 3 heteroatoms. The van der Waals surface area contributed by atoms with Crippen LogP contribution in [0.25, 0.3) is 0 Å². The SMILES string of the molecule is OCC#CCNc1cccc(F)c1. The van der Waals surface area contributed by atoms with E-state index in [1.807, 2.05) is 0 Å². The lowest BCUT2D eigenvalue weighted by atomic mass is 10.3. The van der Waals surface area contributed by atoms with Gasteiger partial charge in [0.25, 0.3) is 0 Å². The van der Waals surface area contributed by atoms with E-state index < -0.39 is 0 Å². The van der Waals surface area contributed by atoms with Crippen LogP contribution in [0.2, 0.25) is 0 Å². The van der Waals surface area contributed by atoms with Gasteiger partial charge in [-0.3, -0.25) is 0 Å². The molecule has 0 saturated carbocycles. The Hall–Kier alpha value is -1.53. The summed E-state index contributed by atoms with van der Waals surface area (Å²) >= 11 is 0. The van der Waals surface area contributed by atoms with Gasteiger partial charge in [0.2, 0.25) is 0 Å². The predicted molar refractivity (Wildman–Crippen MR) is 49.8 cm³/mol. The van der Waals surface area contributed by atoms with Gasteiger partial charge in [0.05, 0.1) is 6.54 Å². The first kappa shape index (κ1) is 9.56. The first-order valence-corrected chi connectivity index (χ1v) is 3.89. The van der Waals surface area contributed by atoms with Crippen molar-refractivity contribution in [2.24, 2.45) is 0 Å². The Kier molecular flexibility index (Phi) is 3.80. The van der Waals surface area contributed by atoms with Crippen LogP contribution in [-0.2, 0) is 0 Å². The molecule has 2 nitrogen and oxygen atoms in total. The molecular formula is C10H10FNO. The minimum absolute atomic E-state index is 0.148. The molecule has 2 N–H and O–H groups in total. The number of halogens is 1. The molecule has 1 aromatic rings. The van der Waals surface area contributed by atoms with Gasteiger partial charge in [0.1, 0.15) is 12.4 Å². The van der Waals surface area contributed by atoms with Gasteiger partial charge >= 0.3 is 0 Å². The Morgan fingerprint density at radius 3 is 2.92 bits per heavy atom. The van der Waals surface area contributed by atoms with E-state index in [1.165, 1.54) is 12.1 Å². The molecule has 0 radical (unpaired) electrons. The van der Waals surface area contributed by atoms with Gasteiger partial charge in [-0.05, 0) is 18.2 Å². The molecule has 0 heterocycles. The number of hydrogen-bond donors (Lipinski definition) is 2. The van der Waals surface area contributed by atoms with Crippen molar-refractivity contribution in [3.05, 3.63) is 30.1 Å². The molecule has 1 rings (SSSR count). The molecule has 0 aliphatic carbocycles. The second-order valence-corrected chi connectivity index (χ2v) is 2.38. The van der Waals surface area contributed by atoms with Crippen LogP contribution >= 0.6 is 0 Å². The lowest BCUT2D eigenvalue weighted by molar-refractivity contribution is 0.350. The third kappa shape index (κ3) is 3.59. The average molecular weight is 179 g/mol. The van der Waals surface area contributed by atoms with E-state index in [1.54, 1.807) is 12.1 Å². The Balaban J connectivity index is 2.45. The van der Waals surface area contributed by atoms with Crippen LogP contribution in [0.4, 0.5) is 10.1 Å². The molecule has 0 aromatic heterocycles. The molecule has 0 atom stereocenters. The van der Waals surface area contributed by atoms with E-state index in [0.29, 0.717) is 12.2 Å². The third-order valence-electron chi connectivity index (χ3n) is 1.41. The summed E-state index contributed by atoms with van der Waals surface area (Å²) < 4.78 is 12.6. The normalized spacial score (nSPS) is 8.77. The summed E-state index contributed by atoms with van der Waals surface area (Å²) in [7, 11) is 0. The van der Waals surface area contributed by atoms with Gasteiger partial charge in [-0.25, -0.2) is 4.39 Å². The fraction of sp³-hybridized carbons (Fsp3) is 0.200. The minimum Gasteiger partial charge on any atom is -0.384 e. The Morgan fingerprint density at radius 1 is 1.38 bits per heavy atom. The van der Waals surface area contributed by atoms with E-state index in [9.17, 15) is 4.39 Å². The topological polar surface area (TPSA) is 32.3 Å². The second kappa shape index (κ2) is 5.18. The summed E-state index contributed by atoms with van der Waals surface area (Å²) in [5.74, 6) is 4.87. The van der Waals surface area contributed by atoms with Crippen molar-refractivity contribution >= 4 is 5.69 Å². The molecule has 0 fully saturated rings. The molecule has 0 aliphatic rings. The van der Waals surface area contributed by atoms with E-state index in [2.05, 4.69) is 17.2 Å². The van der Waals surface area contributed by atoms with Crippen LogP contribution in [0.5, 0.6) is 0 Å². The van der Waals surface area contributed by atoms with Gasteiger partial charge < -0.3 is 10.4 Å². The first-order chi connectivity index (χ1) is 6.33. The summed E-state index contributed by atoms with van der Waals surface area (Å²) in [5, 5.41) is 11.2. The second-order valence-electron chi connectivity index (χ2n) is 2.38. The Bertz CT molecular complexity index is 327. The highest BCUT2D eigenvalue weighted by molar-refractivity contribution is 5.44. The molecule has 1 aromatic carbocycles. The van der Waals surface area contributed by atoms with Crippen LogP contribution in [0.3, 0.4) is 0 Å². The van der Waals surface area contributed by atoms with Crippen molar-refractivity contribution in [2.75, 3.05) is 18.5 Å². The zero-order chi connectivity index (χ0) is 9.52. The molecule has 13 heavy (non-hydrogen) atoms. The van der Waals surface area contributed by atoms with E-state index in [0.717, 1.165) is 0 Å². The van der Waals surface area contributed by atoms with Crippen LogP contribution in [0.1, 0.15) is 0 Å². The van der Waals surface area contributed by atoms with Gasteiger partial charge in [0.15, 0.2) is 0 Å². The van der Waals surface area contributed by atoms with Crippen LogP contribution < -0.4 is 5.32 Å². The van der Waals surface area contributed by atoms with Crippen LogP contribution in [0, 0.1) is 17.7 Å². The van der Waals surface area contributed by atoms with Gasteiger partial charge in [-0.15, -0.1) is 0 Å². The van der Waals surface area contributed by atoms with Crippen molar-refractivity contribution in [3.63, 3.8) is 0 Å². The maximum atomic E-state index is 12.6. The summed E-state index contributed by atoms with van der Waals surface area (Å²) in [6.07, 6.45) is 0. The maximum absolute atomic E-state index is 12.6. The first-order valence-electron chi connectivity index (χ1n) is 3.89. The molecular weight excluding hydrogens is 169 g/mol. The number of hydrogen-bond acceptors (Lipinski definition) is 2. The molecule has 0 unspecified atom stereocenters.